The molecule has 4 nitrogen and oxygen atoms in total. The highest BCUT2D eigenvalue weighted by molar-refractivity contribution is 5.88. The quantitative estimate of drug-likeness (QED) is 0.158. The molecular formula is C29H27F4NO3. The second kappa shape index (κ2) is 11.5. The summed E-state index contributed by atoms with van der Waals surface area (Å²) in [7, 11) is 0. The van der Waals surface area contributed by atoms with Gasteiger partial charge in [-0.25, -0.2) is 4.39 Å². The number of unbranched alkanes of at least 4 members (excludes halogenated alkanes) is 1. The van der Waals surface area contributed by atoms with Gasteiger partial charge < -0.3 is 14.2 Å². The van der Waals surface area contributed by atoms with Gasteiger partial charge >= 0.3 is 6.18 Å². The number of aryl methyl sites for hydroxylation is 2. The average Bonchev–Trinajstić information content (AvgIpc) is 2.86. The van der Waals surface area contributed by atoms with E-state index in [-0.39, 0.29) is 5.75 Å². The van der Waals surface area contributed by atoms with Crippen LogP contribution >= 0.6 is 0 Å². The minimum atomic E-state index is -4.64. The maximum absolute atomic E-state index is 14.5. The molecular weight excluding hydrogens is 486 g/mol. The first-order valence-corrected chi connectivity index (χ1v) is 12.0. The van der Waals surface area contributed by atoms with Crippen molar-refractivity contribution in [3.63, 3.8) is 0 Å². The van der Waals surface area contributed by atoms with Crippen LogP contribution in [-0.2, 0) is 12.6 Å². The summed E-state index contributed by atoms with van der Waals surface area (Å²) in [5.41, 5.74) is 1.03. The third-order valence-corrected chi connectivity index (χ3v) is 5.71. The van der Waals surface area contributed by atoms with Crippen molar-refractivity contribution in [3.05, 3.63) is 89.4 Å². The molecule has 0 spiro atoms. The molecule has 0 unspecified atom stereocenters. The van der Waals surface area contributed by atoms with Gasteiger partial charge in [-0.15, -0.1) is 0 Å². The van der Waals surface area contributed by atoms with Crippen LogP contribution in [0.1, 0.15) is 36.6 Å². The van der Waals surface area contributed by atoms with E-state index in [1.165, 1.54) is 0 Å². The standard InChI is InChI=1S/C29H27F4NO3/c1-3-4-8-20-16-23-25(18-27(20)36-14-13-35-22-9-6-5-7-10-22)34-19(2)15-28(23)37-26-12-11-21(17-24(26)30)29(31,32)33/h5-7,9-12,15-18H,3-4,8,13-14H2,1-2H3. The molecule has 1 heterocycles. The number of aromatic nitrogens is 1. The van der Waals surface area contributed by atoms with Gasteiger partial charge in [-0.1, -0.05) is 31.5 Å². The van der Waals surface area contributed by atoms with Gasteiger partial charge in [-0.2, -0.15) is 13.2 Å². The van der Waals surface area contributed by atoms with E-state index in [2.05, 4.69) is 11.9 Å². The predicted molar refractivity (Wildman–Crippen MR) is 134 cm³/mol. The lowest BCUT2D eigenvalue weighted by Gasteiger charge is -2.16. The molecule has 3 aromatic carbocycles. The van der Waals surface area contributed by atoms with E-state index < -0.39 is 17.6 Å². The highest BCUT2D eigenvalue weighted by atomic mass is 19.4. The number of ether oxygens (including phenoxy) is 3. The van der Waals surface area contributed by atoms with Crippen LogP contribution in [0.4, 0.5) is 17.6 Å². The number of fused-ring (bicyclic) bond motifs is 1. The van der Waals surface area contributed by atoms with Crippen LogP contribution in [-0.4, -0.2) is 18.2 Å². The second-order valence-electron chi connectivity index (χ2n) is 8.60. The largest absolute Gasteiger partial charge is 0.490 e. The van der Waals surface area contributed by atoms with Gasteiger partial charge in [-0.05, 0) is 61.7 Å². The molecule has 8 heteroatoms. The first-order valence-electron chi connectivity index (χ1n) is 12.0. The Labute approximate surface area is 212 Å². The van der Waals surface area contributed by atoms with Crippen LogP contribution in [0.2, 0.25) is 0 Å². The summed E-state index contributed by atoms with van der Waals surface area (Å²) >= 11 is 0. The van der Waals surface area contributed by atoms with Crippen molar-refractivity contribution in [1.29, 1.82) is 0 Å². The molecule has 0 radical (unpaired) electrons. The Morgan fingerprint density at radius 1 is 0.838 bits per heavy atom. The molecule has 0 fully saturated rings. The van der Waals surface area contributed by atoms with Crippen LogP contribution < -0.4 is 14.2 Å². The number of alkyl halides is 3. The van der Waals surface area contributed by atoms with E-state index >= 15 is 0 Å². The fraction of sp³-hybridized carbons (Fsp3) is 0.276. The van der Waals surface area contributed by atoms with Gasteiger partial charge in [0.25, 0.3) is 0 Å². The maximum atomic E-state index is 14.5. The lowest BCUT2D eigenvalue weighted by atomic mass is 10.0. The molecule has 0 amide bonds. The molecule has 0 aliphatic carbocycles. The number of hydrogen-bond acceptors (Lipinski definition) is 4. The van der Waals surface area contributed by atoms with Crippen molar-refractivity contribution >= 4 is 10.9 Å². The Morgan fingerprint density at radius 2 is 1.59 bits per heavy atom. The minimum Gasteiger partial charge on any atom is -0.490 e. The monoisotopic (exact) mass is 513 g/mol. The third-order valence-electron chi connectivity index (χ3n) is 5.71. The minimum absolute atomic E-state index is 0.298. The Bertz CT molecular complexity index is 1360. The lowest BCUT2D eigenvalue weighted by Crippen LogP contribution is -2.10. The number of nitrogens with zero attached hydrogens (tertiary/aromatic N) is 1. The van der Waals surface area contributed by atoms with Crippen molar-refractivity contribution in [2.24, 2.45) is 0 Å². The molecule has 0 aliphatic heterocycles. The molecule has 194 valence electrons. The zero-order chi connectivity index (χ0) is 26.4. The smallest absolute Gasteiger partial charge is 0.416 e. The number of hydrogen-bond donors (Lipinski definition) is 0. The van der Waals surface area contributed by atoms with E-state index in [9.17, 15) is 17.6 Å². The lowest BCUT2D eigenvalue weighted by molar-refractivity contribution is -0.137. The molecule has 1 aromatic heterocycles. The van der Waals surface area contributed by atoms with Crippen molar-refractivity contribution in [1.82, 2.24) is 4.98 Å². The first-order chi connectivity index (χ1) is 17.7. The molecule has 0 aliphatic rings. The van der Waals surface area contributed by atoms with Crippen molar-refractivity contribution in [2.75, 3.05) is 13.2 Å². The summed E-state index contributed by atoms with van der Waals surface area (Å²) in [4.78, 5) is 4.57. The fourth-order valence-electron chi connectivity index (χ4n) is 3.88. The summed E-state index contributed by atoms with van der Waals surface area (Å²) in [6, 6.07) is 17.0. The van der Waals surface area contributed by atoms with Gasteiger partial charge in [0.1, 0.15) is 30.5 Å². The van der Waals surface area contributed by atoms with Crippen molar-refractivity contribution < 1.29 is 31.8 Å². The number of rotatable bonds is 10. The number of benzene rings is 3. The molecule has 4 rings (SSSR count). The third kappa shape index (κ3) is 6.70. The SMILES string of the molecule is CCCCc1cc2c(Oc3ccc(C(F)(F)F)cc3F)cc(C)nc2cc1OCCOc1ccccc1. The molecule has 0 atom stereocenters. The molecule has 37 heavy (non-hydrogen) atoms. The molecule has 0 N–H and O–H groups in total. The number of pyridine rings is 1. The zero-order valence-corrected chi connectivity index (χ0v) is 20.6. The van der Waals surface area contributed by atoms with Crippen molar-refractivity contribution in [2.45, 2.75) is 39.3 Å². The second-order valence-corrected chi connectivity index (χ2v) is 8.60. The van der Waals surface area contributed by atoms with E-state index in [1.807, 2.05) is 42.5 Å². The van der Waals surface area contributed by atoms with Crippen LogP contribution in [0.5, 0.6) is 23.0 Å². The Kier molecular flexibility index (Phi) is 8.16. The summed E-state index contributed by atoms with van der Waals surface area (Å²) < 4.78 is 70.8. The molecule has 0 saturated heterocycles. The topological polar surface area (TPSA) is 40.6 Å². The normalized spacial score (nSPS) is 11.5. The van der Waals surface area contributed by atoms with Gasteiger partial charge in [-0.3, -0.25) is 4.98 Å². The summed E-state index contributed by atoms with van der Waals surface area (Å²) in [6.07, 6.45) is -2.01. The Hall–Kier alpha value is -3.81. The van der Waals surface area contributed by atoms with Crippen LogP contribution in [0.3, 0.4) is 0 Å². The van der Waals surface area contributed by atoms with E-state index in [0.717, 1.165) is 42.7 Å². The predicted octanol–water partition coefficient (Wildman–Crippen LogP) is 8.29. The zero-order valence-electron chi connectivity index (χ0n) is 20.6. The van der Waals surface area contributed by atoms with E-state index in [4.69, 9.17) is 14.2 Å². The van der Waals surface area contributed by atoms with Gasteiger partial charge in [0, 0.05) is 23.2 Å². The Morgan fingerprint density at radius 3 is 2.30 bits per heavy atom. The fourth-order valence-corrected chi connectivity index (χ4v) is 3.88. The van der Waals surface area contributed by atoms with Crippen LogP contribution in [0, 0.1) is 12.7 Å². The number of para-hydroxylation sites is 1. The highest BCUT2D eigenvalue weighted by Gasteiger charge is 2.31. The van der Waals surface area contributed by atoms with Crippen molar-refractivity contribution in [3.8, 4) is 23.0 Å². The van der Waals surface area contributed by atoms with Crippen LogP contribution in [0.15, 0.2) is 66.7 Å². The summed E-state index contributed by atoms with van der Waals surface area (Å²) in [5, 5.41) is 0.615. The number of halogens is 4. The highest BCUT2D eigenvalue weighted by Crippen LogP contribution is 2.37. The van der Waals surface area contributed by atoms with Crippen LogP contribution in [0.25, 0.3) is 10.9 Å². The Balaban J connectivity index is 1.61. The molecule has 0 saturated carbocycles. The van der Waals surface area contributed by atoms with E-state index in [1.54, 1.807) is 13.0 Å². The van der Waals surface area contributed by atoms with Gasteiger partial charge in [0.05, 0.1) is 11.1 Å². The first kappa shape index (κ1) is 26.3. The van der Waals surface area contributed by atoms with Gasteiger partial charge in [0.2, 0.25) is 0 Å². The van der Waals surface area contributed by atoms with Gasteiger partial charge in [0.15, 0.2) is 11.6 Å². The summed E-state index contributed by atoms with van der Waals surface area (Å²) in [5.74, 6) is 0.334. The molecule has 0 bridgehead atoms. The summed E-state index contributed by atoms with van der Waals surface area (Å²) in [6.45, 7) is 4.53. The van der Waals surface area contributed by atoms with E-state index in [0.29, 0.717) is 47.4 Å². The average molecular weight is 514 g/mol. The molecule has 4 aromatic rings. The maximum Gasteiger partial charge on any atom is 0.416 e.